The monoisotopic (exact) mass is 539 g/mol. The van der Waals surface area contributed by atoms with Crippen LogP contribution in [0.2, 0.25) is 0 Å². The second kappa shape index (κ2) is 9.77. The summed E-state index contributed by atoms with van der Waals surface area (Å²) in [5.41, 5.74) is -4.45. The van der Waals surface area contributed by atoms with E-state index in [1.54, 1.807) is 49.9 Å². The van der Waals surface area contributed by atoms with Gasteiger partial charge in [0.2, 0.25) is 0 Å². The van der Waals surface area contributed by atoms with Gasteiger partial charge in [0.05, 0.1) is 23.1 Å². The molecular weight excluding hydrogens is 511 g/mol. The second-order valence-corrected chi connectivity index (χ2v) is 11.5. The van der Waals surface area contributed by atoms with Crippen LogP contribution in [0.5, 0.6) is 0 Å². The summed E-state index contributed by atoms with van der Waals surface area (Å²) in [5.74, 6) is 0. The van der Waals surface area contributed by atoms with Crippen molar-refractivity contribution in [3.05, 3.63) is 48.7 Å². The van der Waals surface area contributed by atoms with E-state index in [-0.39, 0.29) is 11.7 Å². The summed E-state index contributed by atoms with van der Waals surface area (Å²) in [4.78, 5) is 14.3. The predicted octanol–water partition coefficient (Wildman–Crippen LogP) is 5.16. The van der Waals surface area contributed by atoms with E-state index in [2.05, 4.69) is 10.4 Å². The number of halogens is 3. The van der Waals surface area contributed by atoms with Crippen molar-refractivity contribution in [2.75, 3.05) is 28.0 Å². The van der Waals surface area contributed by atoms with Gasteiger partial charge in [0.1, 0.15) is 5.60 Å². The molecule has 2 aromatic carbocycles. The van der Waals surface area contributed by atoms with Gasteiger partial charge in [0, 0.05) is 30.2 Å². The Bertz CT molecular complexity index is 1400. The number of carbonyl (C=O) groups is 1. The number of sulfonamides is 1. The summed E-state index contributed by atoms with van der Waals surface area (Å²) in [6, 6.07) is 11.4. The molecule has 1 unspecified atom stereocenters. The van der Waals surface area contributed by atoms with E-state index >= 15 is 0 Å². The van der Waals surface area contributed by atoms with E-state index in [9.17, 15) is 26.4 Å². The minimum Gasteiger partial charge on any atom is -0.442 e. The fourth-order valence-electron chi connectivity index (χ4n) is 4.16. The minimum absolute atomic E-state index is 0.0561. The summed E-state index contributed by atoms with van der Waals surface area (Å²) >= 11 is 0. The third-order valence-electron chi connectivity index (χ3n) is 5.72. The smallest absolute Gasteiger partial charge is 0.442 e. The molecule has 13 heteroatoms. The van der Waals surface area contributed by atoms with Crippen molar-refractivity contribution in [3.8, 4) is 0 Å². The summed E-state index contributed by atoms with van der Waals surface area (Å²) in [5, 5.41) is 8.30. The molecule has 1 aliphatic heterocycles. The van der Waals surface area contributed by atoms with Crippen LogP contribution in [0.15, 0.2) is 48.7 Å². The van der Waals surface area contributed by atoms with Gasteiger partial charge in [-0.1, -0.05) is 12.1 Å². The third kappa shape index (κ3) is 6.09. The van der Waals surface area contributed by atoms with Crippen molar-refractivity contribution in [2.45, 2.75) is 50.8 Å². The van der Waals surface area contributed by atoms with E-state index < -0.39 is 27.2 Å². The van der Waals surface area contributed by atoms with Gasteiger partial charge >= 0.3 is 21.6 Å². The minimum atomic E-state index is -5.54. The number of hydrogen-bond acceptors (Lipinski definition) is 7. The Morgan fingerprint density at radius 1 is 1.14 bits per heavy atom. The maximum atomic E-state index is 12.9. The van der Waals surface area contributed by atoms with Gasteiger partial charge in [-0.2, -0.15) is 31.4 Å². The quantitative estimate of drug-likeness (QED) is 0.461. The number of alkyl halides is 3. The molecule has 3 aromatic rings. The fraction of sp³-hybridized carbons (Fsp3) is 0.417. The Hall–Kier alpha value is -3.48. The first-order chi connectivity index (χ1) is 17.2. The molecular formula is C24H28F3N5O4S. The fourth-order valence-corrected chi connectivity index (χ4v) is 4.74. The highest BCUT2D eigenvalue weighted by Gasteiger charge is 2.46. The number of piperidine rings is 1. The molecule has 0 amide bonds. The number of para-hydroxylation sites is 2. The van der Waals surface area contributed by atoms with Crippen LogP contribution in [0, 0.1) is 0 Å². The van der Waals surface area contributed by atoms with Crippen LogP contribution in [-0.2, 0) is 14.8 Å². The first-order valence-corrected chi connectivity index (χ1v) is 13.1. The molecule has 0 aliphatic carbocycles. The van der Waals surface area contributed by atoms with E-state index in [1.165, 1.54) is 16.8 Å². The van der Waals surface area contributed by atoms with Crippen LogP contribution in [0.3, 0.4) is 0 Å². The van der Waals surface area contributed by atoms with E-state index in [0.29, 0.717) is 24.3 Å². The van der Waals surface area contributed by atoms with Crippen LogP contribution >= 0.6 is 0 Å². The number of benzene rings is 2. The normalized spacial score (nSPS) is 17.0. The predicted molar refractivity (Wildman–Crippen MR) is 135 cm³/mol. The van der Waals surface area contributed by atoms with Crippen molar-refractivity contribution >= 4 is 44.1 Å². The van der Waals surface area contributed by atoms with Gasteiger partial charge < -0.3 is 15.0 Å². The first-order valence-electron chi connectivity index (χ1n) is 11.6. The Balaban J connectivity index is 1.49. The SMILES string of the molecule is CC(C)(C)OC(=O)n1ncc2cc(NC3CCCN(c4ccccc4NS(=O)(=O)C(F)(F)F)C3)ccc21. The molecule has 0 saturated carbocycles. The van der Waals surface area contributed by atoms with Crippen molar-refractivity contribution in [3.63, 3.8) is 0 Å². The maximum Gasteiger partial charge on any atom is 0.516 e. The van der Waals surface area contributed by atoms with Gasteiger partial charge in [-0.15, -0.1) is 0 Å². The second-order valence-electron chi connectivity index (χ2n) is 9.81. The van der Waals surface area contributed by atoms with E-state index in [1.807, 2.05) is 17.0 Å². The highest BCUT2D eigenvalue weighted by molar-refractivity contribution is 7.93. The number of carbonyl (C=O) groups excluding carboxylic acids is 1. The maximum absolute atomic E-state index is 12.9. The number of anilines is 3. The zero-order chi connectivity index (χ0) is 27.0. The highest BCUT2D eigenvalue weighted by atomic mass is 32.2. The summed E-state index contributed by atoms with van der Waals surface area (Å²) in [7, 11) is -5.54. The average molecular weight is 540 g/mol. The molecule has 0 bridgehead atoms. The lowest BCUT2D eigenvalue weighted by Crippen LogP contribution is -2.42. The Morgan fingerprint density at radius 3 is 2.57 bits per heavy atom. The van der Waals surface area contributed by atoms with Gasteiger partial charge in [-0.05, 0) is 63.9 Å². The molecule has 4 rings (SSSR count). The summed E-state index contributed by atoms with van der Waals surface area (Å²) in [6.07, 6.45) is 2.55. The number of nitrogens with zero attached hydrogens (tertiary/aromatic N) is 3. The van der Waals surface area contributed by atoms with Gasteiger partial charge in [-0.25, -0.2) is 4.79 Å². The van der Waals surface area contributed by atoms with Crippen LogP contribution in [-0.4, -0.2) is 54.5 Å². The molecule has 1 atom stereocenters. The van der Waals surface area contributed by atoms with E-state index in [0.717, 1.165) is 23.9 Å². The third-order valence-corrected chi connectivity index (χ3v) is 6.82. The average Bonchev–Trinajstić information content (AvgIpc) is 3.21. The largest absolute Gasteiger partial charge is 0.516 e. The number of aromatic nitrogens is 2. The molecule has 200 valence electrons. The number of hydrogen-bond donors (Lipinski definition) is 2. The Labute approximate surface area is 212 Å². The molecule has 2 heterocycles. The zero-order valence-corrected chi connectivity index (χ0v) is 21.4. The Morgan fingerprint density at radius 2 is 1.86 bits per heavy atom. The molecule has 1 aliphatic rings. The van der Waals surface area contributed by atoms with Gasteiger partial charge in [0.15, 0.2) is 0 Å². The highest BCUT2D eigenvalue weighted by Crippen LogP contribution is 2.33. The van der Waals surface area contributed by atoms with Crippen molar-refractivity contribution in [2.24, 2.45) is 0 Å². The number of ether oxygens (including phenoxy) is 1. The molecule has 1 saturated heterocycles. The summed E-state index contributed by atoms with van der Waals surface area (Å²) < 4.78 is 70.4. The van der Waals surface area contributed by atoms with Gasteiger partial charge in [-0.3, -0.25) is 4.72 Å². The lowest BCUT2D eigenvalue weighted by Gasteiger charge is -2.36. The lowest BCUT2D eigenvalue weighted by atomic mass is 10.0. The van der Waals surface area contributed by atoms with Gasteiger partial charge in [0.25, 0.3) is 0 Å². The molecule has 37 heavy (non-hydrogen) atoms. The zero-order valence-electron chi connectivity index (χ0n) is 20.5. The standard InChI is InChI=1S/C24H28F3N5O4S/c1-23(2,3)36-22(33)32-20-11-10-17(13-16(20)14-28-32)29-18-7-6-12-31(15-18)21-9-5-4-8-19(21)30-37(34,35)24(25,26)27/h4-5,8-11,13-14,18,29-30H,6-7,12,15H2,1-3H3. The molecule has 1 aromatic heterocycles. The lowest BCUT2D eigenvalue weighted by molar-refractivity contribution is -0.0429. The molecule has 2 N–H and O–H groups in total. The summed E-state index contributed by atoms with van der Waals surface area (Å²) in [6.45, 7) is 6.33. The van der Waals surface area contributed by atoms with Crippen LogP contribution in [0.4, 0.5) is 35.0 Å². The van der Waals surface area contributed by atoms with Crippen molar-refractivity contribution < 1.29 is 31.1 Å². The molecule has 9 nitrogen and oxygen atoms in total. The molecule has 1 fully saturated rings. The Kier molecular flexibility index (Phi) is 7.01. The topological polar surface area (TPSA) is 106 Å². The van der Waals surface area contributed by atoms with Crippen molar-refractivity contribution in [1.29, 1.82) is 0 Å². The van der Waals surface area contributed by atoms with E-state index in [4.69, 9.17) is 4.74 Å². The van der Waals surface area contributed by atoms with Crippen LogP contribution in [0.1, 0.15) is 33.6 Å². The number of nitrogens with one attached hydrogen (secondary N) is 2. The van der Waals surface area contributed by atoms with Crippen molar-refractivity contribution in [1.82, 2.24) is 9.78 Å². The van der Waals surface area contributed by atoms with Crippen LogP contribution in [0.25, 0.3) is 10.9 Å². The van der Waals surface area contributed by atoms with Crippen LogP contribution < -0.4 is 14.9 Å². The molecule has 0 radical (unpaired) electrons. The first kappa shape index (κ1) is 26.6. The number of fused-ring (bicyclic) bond motifs is 1. The molecule has 0 spiro atoms. The number of rotatable bonds is 5.